The molecule has 3 aromatic rings. The molecule has 1 aromatic heterocycles. The summed E-state index contributed by atoms with van der Waals surface area (Å²) in [5.74, 6) is 0. The highest BCUT2D eigenvalue weighted by Gasteiger charge is 2.40. The number of aromatic nitrogens is 2. The summed E-state index contributed by atoms with van der Waals surface area (Å²) in [4.78, 5) is 0.0831. The fourth-order valence-corrected chi connectivity index (χ4v) is 3.69. The van der Waals surface area contributed by atoms with E-state index in [9.17, 15) is 21.6 Å². The van der Waals surface area contributed by atoms with Crippen molar-refractivity contribution < 1.29 is 21.6 Å². The summed E-state index contributed by atoms with van der Waals surface area (Å²) < 4.78 is 66.2. The number of sulfone groups is 1. The van der Waals surface area contributed by atoms with Crippen LogP contribution in [0.5, 0.6) is 0 Å². The summed E-state index contributed by atoms with van der Waals surface area (Å²) >= 11 is 0. The van der Waals surface area contributed by atoms with Crippen molar-refractivity contribution in [2.45, 2.75) is 24.5 Å². The zero-order valence-electron chi connectivity index (χ0n) is 15.9. The van der Waals surface area contributed by atoms with Crippen LogP contribution >= 0.6 is 0 Å². The van der Waals surface area contributed by atoms with Crippen molar-refractivity contribution in [1.29, 1.82) is 0 Å². The van der Waals surface area contributed by atoms with Gasteiger partial charge >= 0.3 is 6.18 Å². The maximum absolute atomic E-state index is 14.0. The maximum Gasteiger partial charge on any atom is 0.433 e. The van der Waals surface area contributed by atoms with Crippen LogP contribution in [0.25, 0.3) is 22.4 Å². The summed E-state index contributed by atoms with van der Waals surface area (Å²) in [5, 5.41) is 4.20. The van der Waals surface area contributed by atoms with Crippen molar-refractivity contribution in [3.8, 4) is 22.4 Å². The first-order chi connectivity index (χ1) is 13.5. The maximum atomic E-state index is 14.0. The van der Waals surface area contributed by atoms with Gasteiger partial charge in [0.05, 0.1) is 11.4 Å². The van der Waals surface area contributed by atoms with Gasteiger partial charge in [-0.05, 0) is 24.6 Å². The molecule has 4 nitrogen and oxygen atoms in total. The number of nitrogens with zero attached hydrogens (tertiary/aromatic N) is 2. The second-order valence-corrected chi connectivity index (χ2v) is 8.72. The molecule has 0 radical (unpaired) electrons. The smallest absolute Gasteiger partial charge is 0.255 e. The fraction of sp³-hybridized carbons (Fsp3) is 0.190. The molecule has 0 aliphatic carbocycles. The summed E-state index contributed by atoms with van der Waals surface area (Å²) in [6.07, 6.45) is -2.22. The molecule has 0 spiro atoms. The largest absolute Gasteiger partial charge is 0.433 e. The van der Waals surface area contributed by atoms with E-state index in [4.69, 9.17) is 0 Å². The van der Waals surface area contributed by atoms with Gasteiger partial charge in [-0.15, -0.1) is 6.58 Å². The molecule has 152 valence electrons. The fourth-order valence-electron chi connectivity index (χ4n) is 3.06. The Morgan fingerprint density at radius 2 is 1.59 bits per heavy atom. The molecule has 0 aliphatic heterocycles. The second-order valence-electron chi connectivity index (χ2n) is 6.70. The molecule has 8 heteroatoms. The minimum absolute atomic E-state index is 0.0496. The van der Waals surface area contributed by atoms with Gasteiger partial charge < -0.3 is 0 Å². The van der Waals surface area contributed by atoms with Crippen LogP contribution in [0.15, 0.2) is 66.1 Å². The lowest BCUT2D eigenvalue weighted by atomic mass is 9.98. The SMILES string of the molecule is C=CCn1nc(-c2ccc(S(C)(=O)=O)cc2)c(-c2ccc(C)cc2)c1C(F)(F)F. The number of alkyl halides is 3. The highest BCUT2D eigenvalue weighted by Crippen LogP contribution is 2.42. The normalized spacial score (nSPS) is 12.2. The van der Waals surface area contributed by atoms with Gasteiger partial charge in [0.15, 0.2) is 15.5 Å². The number of hydrogen-bond acceptors (Lipinski definition) is 3. The Kier molecular flexibility index (Phi) is 5.40. The van der Waals surface area contributed by atoms with Gasteiger partial charge in [-0.1, -0.05) is 48.0 Å². The van der Waals surface area contributed by atoms with Gasteiger partial charge in [0.2, 0.25) is 0 Å². The van der Waals surface area contributed by atoms with E-state index >= 15 is 0 Å². The van der Waals surface area contributed by atoms with Crippen LogP contribution in [-0.4, -0.2) is 24.5 Å². The molecule has 0 unspecified atom stereocenters. The van der Waals surface area contributed by atoms with E-state index in [1.54, 1.807) is 24.3 Å². The Bertz CT molecular complexity index is 1140. The van der Waals surface area contributed by atoms with Crippen LogP contribution in [0.1, 0.15) is 11.3 Å². The Balaban J connectivity index is 2.31. The highest BCUT2D eigenvalue weighted by atomic mass is 32.2. The highest BCUT2D eigenvalue weighted by molar-refractivity contribution is 7.90. The van der Waals surface area contributed by atoms with Crippen molar-refractivity contribution >= 4 is 9.84 Å². The molecule has 0 saturated heterocycles. The third kappa shape index (κ3) is 4.27. The molecular formula is C21H19F3N2O2S. The van der Waals surface area contributed by atoms with Crippen LogP contribution in [0, 0.1) is 6.92 Å². The Morgan fingerprint density at radius 1 is 1.03 bits per heavy atom. The zero-order valence-corrected chi connectivity index (χ0v) is 16.7. The molecule has 0 fully saturated rings. The Labute approximate surface area is 167 Å². The van der Waals surface area contributed by atoms with E-state index in [-0.39, 0.29) is 22.7 Å². The van der Waals surface area contributed by atoms with Crippen LogP contribution in [0.3, 0.4) is 0 Å². The molecule has 3 rings (SSSR count). The van der Waals surface area contributed by atoms with Gasteiger partial charge in [-0.25, -0.2) is 8.42 Å². The Hall–Kier alpha value is -2.87. The number of rotatable bonds is 5. The third-order valence-corrected chi connectivity index (χ3v) is 5.55. The summed E-state index contributed by atoms with van der Waals surface area (Å²) in [7, 11) is -3.42. The van der Waals surface area contributed by atoms with E-state index in [2.05, 4.69) is 11.7 Å². The first kappa shape index (κ1) is 20.9. The number of benzene rings is 2. The molecule has 0 amide bonds. The molecular weight excluding hydrogens is 401 g/mol. The molecule has 0 N–H and O–H groups in total. The standard InChI is InChI=1S/C21H19F3N2O2S/c1-4-13-26-20(21(22,23)24)18(15-7-5-14(2)6-8-15)19(25-26)16-9-11-17(12-10-16)29(3,27)28/h4-12H,1,13H2,2-3H3. The predicted molar refractivity (Wildman–Crippen MR) is 106 cm³/mol. The summed E-state index contributed by atoms with van der Waals surface area (Å²) in [6.45, 7) is 5.25. The van der Waals surface area contributed by atoms with E-state index in [0.717, 1.165) is 16.5 Å². The molecule has 1 heterocycles. The quantitative estimate of drug-likeness (QED) is 0.538. The number of halogens is 3. The van der Waals surface area contributed by atoms with Gasteiger partial charge in [0.25, 0.3) is 0 Å². The lowest BCUT2D eigenvalue weighted by molar-refractivity contribution is -0.143. The number of aryl methyl sites for hydroxylation is 1. The number of allylic oxidation sites excluding steroid dienone is 1. The van der Waals surface area contributed by atoms with Crippen LogP contribution in [0.4, 0.5) is 13.2 Å². The van der Waals surface area contributed by atoms with Gasteiger partial charge in [-0.2, -0.15) is 18.3 Å². The molecule has 0 aliphatic rings. The first-order valence-corrected chi connectivity index (χ1v) is 10.6. The monoisotopic (exact) mass is 420 g/mol. The zero-order chi connectivity index (χ0) is 21.4. The van der Waals surface area contributed by atoms with Crippen LogP contribution in [0.2, 0.25) is 0 Å². The predicted octanol–water partition coefficient (Wildman–Crippen LogP) is 5.13. The average molecular weight is 420 g/mol. The minimum Gasteiger partial charge on any atom is -0.255 e. The van der Waals surface area contributed by atoms with Gasteiger partial charge in [-0.3, -0.25) is 4.68 Å². The van der Waals surface area contributed by atoms with Crippen molar-refractivity contribution in [3.63, 3.8) is 0 Å². The lowest BCUT2D eigenvalue weighted by Crippen LogP contribution is -2.15. The summed E-state index contributed by atoms with van der Waals surface area (Å²) in [6, 6.07) is 12.4. The molecule has 0 saturated carbocycles. The Morgan fingerprint density at radius 3 is 2.07 bits per heavy atom. The van der Waals surface area contributed by atoms with Crippen LogP contribution in [-0.2, 0) is 22.6 Å². The van der Waals surface area contributed by atoms with Crippen molar-refractivity contribution in [1.82, 2.24) is 9.78 Å². The van der Waals surface area contributed by atoms with E-state index in [1.807, 2.05) is 6.92 Å². The van der Waals surface area contributed by atoms with Crippen molar-refractivity contribution in [3.05, 3.63) is 72.4 Å². The lowest BCUT2D eigenvalue weighted by Gasteiger charge is -2.12. The molecule has 0 bridgehead atoms. The summed E-state index contributed by atoms with van der Waals surface area (Å²) in [5.41, 5.74) is 0.888. The second kappa shape index (κ2) is 7.51. The average Bonchev–Trinajstić information content (AvgIpc) is 3.02. The van der Waals surface area contributed by atoms with E-state index < -0.39 is 21.7 Å². The molecule has 0 atom stereocenters. The topological polar surface area (TPSA) is 52.0 Å². The van der Waals surface area contributed by atoms with E-state index in [1.165, 1.54) is 30.3 Å². The van der Waals surface area contributed by atoms with Gasteiger partial charge in [0.1, 0.15) is 5.69 Å². The van der Waals surface area contributed by atoms with Crippen LogP contribution < -0.4 is 0 Å². The van der Waals surface area contributed by atoms with E-state index in [0.29, 0.717) is 11.1 Å². The third-order valence-electron chi connectivity index (χ3n) is 4.42. The van der Waals surface area contributed by atoms with Crippen molar-refractivity contribution in [2.75, 3.05) is 6.26 Å². The first-order valence-electron chi connectivity index (χ1n) is 8.69. The van der Waals surface area contributed by atoms with Gasteiger partial charge in [0, 0.05) is 17.4 Å². The molecule has 29 heavy (non-hydrogen) atoms. The minimum atomic E-state index is -4.64. The van der Waals surface area contributed by atoms with Crippen molar-refractivity contribution in [2.24, 2.45) is 0 Å². The number of hydrogen-bond donors (Lipinski definition) is 0. The molecule has 2 aromatic carbocycles.